The van der Waals surface area contributed by atoms with Crippen molar-refractivity contribution in [3.05, 3.63) is 44.9 Å². The maximum absolute atomic E-state index is 10.9. The van der Waals surface area contributed by atoms with E-state index in [1.165, 1.54) is 5.56 Å². The molecule has 0 aliphatic carbocycles. The molecule has 7 heteroatoms. The normalized spacial score (nSPS) is 22.9. The number of fused-ring (bicyclic) bond motifs is 4. The number of methoxy groups -OCH3 is 4. The summed E-state index contributed by atoms with van der Waals surface area (Å²) in [7, 11) is 6.56. The van der Waals surface area contributed by atoms with Crippen LogP contribution in [0, 0.1) is 0 Å². The van der Waals surface area contributed by atoms with Gasteiger partial charge in [-0.15, -0.1) is 0 Å². The summed E-state index contributed by atoms with van der Waals surface area (Å²) in [6, 6.07) is 6.03. The fourth-order valence-corrected chi connectivity index (χ4v) is 5.37. The lowest BCUT2D eigenvalue weighted by molar-refractivity contribution is 0.0316. The van der Waals surface area contributed by atoms with Crippen LogP contribution in [0.25, 0.3) is 0 Å². The third kappa shape index (κ3) is 3.07. The van der Waals surface area contributed by atoms with Gasteiger partial charge in [-0.1, -0.05) is 15.9 Å². The fourth-order valence-electron chi connectivity index (χ4n) is 4.78. The van der Waals surface area contributed by atoms with Crippen LogP contribution in [0.1, 0.15) is 47.4 Å². The van der Waals surface area contributed by atoms with Crippen LogP contribution >= 0.6 is 15.9 Å². The summed E-state index contributed by atoms with van der Waals surface area (Å²) in [5, 5.41) is 10.9. The van der Waals surface area contributed by atoms with E-state index in [2.05, 4.69) is 27.8 Å². The van der Waals surface area contributed by atoms with Gasteiger partial charge in [-0.2, -0.15) is 0 Å². The van der Waals surface area contributed by atoms with Crippen LogP contribution in [0.3, 0.4) is 0 Å². The highest BCUT2D eigenvalue weighted by atomic mass is 79.9. The molecule has 0 radical (unpaired) electrons. The van der Waals surface area contributed by atoms with Gasteiger partial charge in [-0.05, 0) is 48.2 Å². The van der Waals surface area contributed by atoms with Gasteiger partial charge in [0.25, 0.3) is 0 Å². The Labute approximate surface area is 179 Å². The van der Waals surface area contributed by atoms with Gasteiger partial charge in [0.2, 0.25) is 0 Å². The second-order valence-electron chi connectivity index (χ2n) is 7.43. The molecule has 4 rings (SSSR count). The average molecular weight is 464 g/mol. The van der Waals surface area contributed by atoms with Gasteiger partial charge in [0, 0.05) is 28.7 Å². The maximum atomic E-state index is 10.9. The number of nitrogens with zero attached hydrogens (tertiary/aromatic N) is 1. The number of aliphatic hydroxyl groups is 1. The highest BCUT2D eigenvalue weighted by Gasteiger charge is 2.42. The summed E-state index contributed by atoms with van der Waals surface area (Å²) in [6.07, 6.45) is 0.181. The van der Waals surface area contributed by atoms with Crippen molar-refractivity contribution in [2.24, 2.45) is 0 Å². The topological polar surface area (TPSA) is 60.4 Å². The number of ether oxygens (including phenoxy) is 4. The van der Waals surface area contributed by atoms with E-state index < -0.39 is 6.10 Å². The molecule has 0 bridgehead atoms. The molecule has 0 fully saturated rings. The number of hydrogen-bond donors (Lipinski definition) is 1. The molecule has 6 nitrogen and oxygen atoms in total. The average Bonchev–Trinajstić information content (AvgIpc) is 2.73. The first-order chi connectivity index (χ1) is 13.9. The largest absolute Gasteiger partial charge is 0.493 e. The summed E-state index contributed by atoms with van der Waals surface area (Å²) in [4.78, 5) is 2.33. The molecule has 0 amide bonds. The van der Waals surface area contributed by atoms with E-state index in [0.29, 0.717) is 23.8 Å². The molecular formula is C22H26BrNO5. The lowest BCUT2D eigenvalue weighted by atomic mass is 9.79. The van der Waals surface area contributed by atoms with Crippen molar-refractivity contribution in [1.29, 1.82) is 0 Å². The first kappa shape index (κ1) is 20.3. The minimum Gasteiger partial charge on any atom is -0.493 e. The predicted octanol–water partition coefficient (Wildman–Crippen LogP) is 4.19. The van der Waals surface area contributed by atoms with Crippen LogP contribution in [-0.2, 0) is 6.42 Å². The molecule has 0 saturated heterocycles. The molecule has 2 aliphatic heterocycles. The van der Waals surface area contributed by atoms with Crippen molar-refractivity contribution >= 4 is 15.9 Å². The van der Waals surface area contributed by atoms with Crippen molar-refractivity contribution in [2.75, 3.05) is 35.0 Å². The van der Waals surface area contributed by atoms with Crippen LogP contribution < -0.4 is 18.9 Å². The first-order valence-corrected chi connectivity index (χ1v) is 10.4. The van der Waals surface area contributed by atoms with Crippen molar-refractivity contribution in [3.63, 3.8) is 0 Å². The zero-order chi connectivity index (χ0) is 20.9. The Morgan fingerprint density at radius 2 is 1.55 bits per heavy atom. The van der Waals surface area contributed by atoms with Crippen LogP contribution in [0.2, 0.25) is 0 Å². The van der Waals surface area contributed by atoms with Gasteiger partial charge in [0.15, 0.2) is 23.0 Å². The Kier molecular flexibility index (Phi) is 5.40. The number of hydrogen-bond acceptors (Lipinski definition) is 6. The van der Waals surface area contributed by atoms with Gasteiger partial charge in [-0.25, -0.2) is 0 Å². The minimum atomic E-state index is -0.606. The molecule has 2 aromatic carbocycles. The highest BCUT2D eigenvalue weighted by Crippen LogP contribution is 2.53. The highest BCUT2D eigenvalue weighted by molar-refractivity contribution is 9.10. The molecule has 2 aliphatic rings. The molecule has 29 heavy (non-hydrogen) atoms. The molecule has 2 heterocycles. The Morgan fingerprint density at radius 3 is 2.14 bits per heavy atom. The Bertz CT molecular complexity index is 948. The molecule has 0 aromatic heterocycles. The first-order valence-electron chi connectivity index (χ1n) is 9.57. The summed E-state index contributed by atoms with van der Waals surface area (Å²) < 4.78 is 23.3. The van der Waals surface area contributed by atoms with E-state index in [0.717, 1.165) is 33.3 Å². The number of halogens is 1. The van der Waals surface area contributed by atoms with E-state index in [1.54, 1.807) is 28.4 Å². The standard InChI is InChI=1S/C22H26BrNO5/c1-11-21-14(15(23)9-20(28-4)22(21)29-5)6-16-12-7-18(26-2)19(27-3)8-13(12)17(25)10-24(11)16/h7-9,11,16-17,25H,6,10H2,1-5H3/t11-,16+,17-/m1/s1. The number of benzene rings is 2. The van der Waals surface area contributed by atoms with E-state index in [4.69, 9.17) is 18.9 Å². The van der Waals surface area contributed by atoms with Gasteiger partial charge in [-0.3, -0.25) is 4.90 Å². The van der Waals surface area contributed by atoms with E-state index in [-0.39, 0.29) is 12.1 Å². The quantitative estimate of drug-likeness (QED) is 0.733. The molecular weight excluding hydrogens is 438 g/mol. The second-order valence-corrected chi connectivity index (χ2v) is 8.29. The van der Waals surface area contributed by atoms with Crippen molar-refractivity contribution < 1.29 is 24.1 Å². The van der Waals surface area contributed by atoms with Crippen molar-refractivity contribution in [3.8, 4) is 23.0 Å². The van der Waals surface area contributed by atoms with E-state index in [9.17, 15) is 5.11 Å². The van der Waals surface area contributed by atoms with Crippen LogP contribution in [0.5, 0.6) is 23.0 Å². The monoisotopic (exact) mass is 463 g/mol. The molecule has 2 aromatic rings. The summed E-state index contributed by atoms with van der Waals surface area (Å²) in [5.41, 5.74) is 4.27. The van der Waals surface area contributed by atoms with E-state index in [1.807, 2.05) is 18.2 Å². The predicted molar refractivity (Wildman–Crippen MR) is 113 cm³/mol. The lowest BCUT2D eigenvalue weighted by Gasteiger charge is -2.47. The molecule has 3 atom stereocenters. The van der Waals surface area contributed by atoms with Gasteiger partial charge < -0.3 is 24.1 Å². The Balaban J connectivity index is 1.89. The van der Waals surface area contributed by atoms with Crippen LogP contribution in [0.4, 0.5) is 0 Å². The Hall–Kier alpha value is -1.96. The zero-order valence-electron chi connectivity index (χ0n) is 17.3. The molecule has 0 saturated carbocycles. The molecule has 156 valence electrons. The SMILES string of the molecule is COc1cc2c(cc1OC)[C@@H]1Cc3c(Br)cc(OC)c(OC)c3[C@@H](C)N1C[C@H]2O. The summed E-state index contributed by atoms with van der Waals surface area (Å²) in [5.74, 6) is 2.76. The van der Waals surface area contributed by atoms with Gasteiger partial charge >= 0.3 is 0 Å². The summed E-state index contributed by atoms with van der Waals surface area (Å²) in [6.45, 7) is 2.68. The number of aliphatic hydroxyl groups excluding tert-OH is 1. The fraction of sp³-hybridized carbons (Fsp3) is 0.455. The van der Waals surface area contributed by atoms with Crippen molar-refractivity contribution in [1.82, 2.24) is 4.90 Å². The maximum Gasteiger partial charge on any atom is 0.165 e. The Morgan fingerprint density at radius 1 is 0.931 bits per heavy atom. The third-order valence-corrected chi connectivity index (χ3v) is 6.88. The summed E-state index contributed by atoms with van der Waals surface area (Å²) >= 11 is 3.74. The lowest BCUT2D eigenvalue weighted by Crippen LogP contribution is -2.43. The zero-order valence-corrected chi connectivity index (χ0v) is 18.9. The third-order valence-electron chi connectivity index (χ3n) is 6.17. The molecule has 0 spiro atoms. The van der Waals surface area contributed by atoms with Crippen LogP contribution in [0.15, 0.2) is 22.7 Å². The van der Waals surface area contributed by atoms with E-state index >= 15 is 0 Å². The smallest absolute Gasteiger partial charge is 0.165 e. The minimum absolute atomic E-state index is 0.0426. The van der Waals surface area contributed by atoms with Gasteiger partial charge in [0.1, 0.15) is 0 Å². The molecule has 0 unspecified atom stereocenters. The second kappa shape index (κ2) is 7.70. The van der Waals surface area contributed by atoms with Crippen LogP contribution in [-0.4, -0.2) is 45.0 Å². The number of rotatable bonds is 4. The van der Waals surface area contributed by atoms with Crippen molar-refractivity contribution in [2.45, 2.75) is 31.5 Å². The van der Waals surface area contributed by atoms with Gasteiger partial charge in [0.05, 0.1) is 34.5 Å². The molecule has 1 N–H and O–H groups in total.